The average molecular weight is 415 g/mol. The molecule has 2 rings (SSSR count). The molecule has 0 aliphatic rings. The van der Waals surface area contributed by atoms with Crippen LogP contribution in [0.3, 0.4) is 0 Å². The van der Waals surface area contributed by atoms with Crippen LogP contribution in [0.5, 0.6) is 0 Å². The standard InChI is InChI=1S/C19H23ClN2O2S.ClH/c1-24-14-13-21-11-12-22-19(23)18(15-7-3-2-4-8-15)25-17-10-6-5-9-16(17)20;/h2-10,18,21H,11-14H2,1H3,(H,22,23);1H. The number of nitrogens with one attached hydrogen (secondary N) is 2. The zero-order chi connectivity index (χ0) is 17.9. The van der Waals surface area contributed by atoms with Crippen molar-refractivity contribution in [3.63, 3.8) is 0 Å². The van der Waals surface area contributed by atoms with Crippen molar-refractivity contribution in [3.8, 4) is 0 Å². The molecule has 2 N–H and O–H groups in total. The largest absolute Gasteiger partial charge is 0.383 e. The number of carbonyl (C=O) groups is 1. The highest BCUT2D eigenvalue weighted by Gasteiger charge is 2.22. The normalized spacial score (nSPS) is 11.5. The number of benzene rings is 2. The Bertz CT molecular complexity index is 659. The third-order valence-corrected chi connectivity index (χ3v) is 5.28. The number of amides is 1. The molecule has 1 unspecified atom stereocenters. The van der Waals surface area contributed by atoms with Crippen LogP contribution in [-0.2, 0) is 9.53 Å². The highest BCUT2D eigenvalue weighted by Crippen LogP contribution is 2.38. The lowest BCUT2D eigenvalue weighted by Gasteiger charge is -2.18. The van der Waals surface area contributed by atoms with Crippen LogP contribution in [0, 0.1) is 0 Å². The maximum atomic E-state index is 12.7. The van der Waals surface area contributed by atoms with Crippen LogP contribution in [0.15, 0.2) is 59.5 Å². The van der Waals surface area contributed by atoms with E-state index in [9.17, 15) is 4.79 Å². The summed E-state index contributed by atoms with van der Waals surface area (Å²) in [6.45, 7) is 2.69. The molecule has 0 aliphatic heterocycles. The molecule has 0 saturated heterocycles. The Balaban J connectivity index is 0.00000338. The fraction of sp³-hybridized carbons (Fsp3) is 0.316. The fourth-order valence-corrected chi connectivity index (χ4v) is 3.58. The van der Waals surface area contributed by atoms with E-state index in [1.807, 2.05) is 54.6 Å². The molecule has 0 fully saturated rings. The lowest BCUT2D eigenvalue weighted by Crippen LogP contribution is -2.35. The highest BCUT2D eigenvalue weighted by atomic mass is 35.5. The van der Waals surface area contributed by atoms with Crippen LogP contribution >= 0.6 is 35.8 Å². The molecule has 0 bridgehead atoms. The number of thioether (sulfide) groups is 1. The third-order valence-electron chi connectivity index (χ3n) is 3.51. The second-order valence-corrected chi connectivity index (χ2v) is 6.93. The zero-order valence-electron chi connectivity index (χ0n) is 14.6. The molecule has 0 radical (unpaired) electrons. The molecule has 2 aromatic rings. The summed E-state index contributed by atoms with van der Waals surface area (Å²) in [6.07, 6.45) is 0. The molecular formula is C19H24Cl2N2O2S. The second kappa shape index (κ2) is 13.0. The lowest BCUT2D eigenvalue weighted by atomic mass is 10.1. The summed E-state index contributed by atoms with van der Waals surface area (Å²) in [7, 11) is 1.67. The van der Waals surface area contributed by atoms with Gasteiger partial charge in [-0.2, -0.15) is 0 Å². The second-order valence-electron chi connectivity index (χ2n) is 5.37. The molecule has 26 heavy (non-hydrogen) atoms. The Hall–Kier alpha value is -1.24. The molecule has 0 aromatic heterocycles. The van der Waals surface area contributed by atoms with Crippen LogP contribution in [0.1, 0.15) is 10.8 Å². The highest BCUT2D eigenvalue weighted by molar-refractivity contribution is 8.00. The Morgan fingerprint density at radius 3 is 2.46 bits per heavy atom. The van der Waals surface area contributed by atoms with Crippen LogP contribution in [0.25, 0.3) is 0 Å². The van der Waals surface area contributed by atoms with Gasteiger partial charge in [0.25, 0.3) is 0 Å². The number of ether oxygens (including phenoxy) is 1. The third kappa shape index (κ3) is 7.56. The van der Waals surface area contributed by atoms with Gasteiger partial charge in [0.1, 0.15) is 5.25 Å². The quantitative estimate of drug-likeness (QED) is 0.456. The summed E-state index contributed by atoms with van der Waals surface area (Å²) < 4.78 is 4.98. The average Bonchev–Trinajstić information content (AvgIpc) is 2.64. The van der Waals surface area contributed by atoms with Crippen molar-refractivity contribution in [2.24, 2.45) is 0 Å². The Kier molecular flexibility index (Phi) is 11.4. The number of rotatable bonds is 10. The van der Waals surface area contributed by atoms with Gasteiger partial charge in [-0.05, 0) is 17.7 Å². The van der Waals surface area contributed by atoms with Crippen molar-refractivity contribution in [2.45, 2.75) is 10.1 Å². The van der Waals surface area contributed by atoms with E-state index in [4.69, 9.17) is 16.3 Å². The van der Waals surface area contributed by atoms with Crippen LogP contribution in [0.2, 0.25) is 5.02 Å². The first-order valence-electron chi connectivity index (χ1n) is 8.16. The molecule has 4 nitrogen and oxygen atoms in total. The number of halogens is 2. The van der Waals surface area contributed by atoms with E-state index in [-0.39, 0.29) is 23.6 Å². The molecule has 7 heteroatoms. The number of methoxy groups -OCH3 is 1. The van der Waals surface area contributed by atoms with Gasteiger partial charge in [-0.15, -0.1) is 24.2 Å². The minimum Gasteiger partial charge on any atom is -0.383 e. The van der Waals surface area contributed by atoms with E-state index < -0.39 is 0 Å². The topological polar surface area (TPSA) is 50.4 Å². The predicted octanol–water partition coefficient (Wildman–Crippen LogP) is 3.95. The first-order chi connectivity index (χ1) is 12.2. The molecule has 2 aromatic carbocycles. The molecule has 0 spiro atoms. The van der Waals surface area contributed by atoms with Crippen LogP contribution in [0.4, 0.5) is 0 Å². The Labute approximate surface area is 170 Å². The van der Waals surface area contributed by atoms with Crippen LogP contribution < -0.4 is 10.6 Å². The van der Waals surface area contributed by atoms with E-state index in [0.29, 0.717) is 24.7 Å². The van der Waals surface area contributed by atoms with Gasteiger partial charge in [-0.1, -0.05) is 54.1 Å². The summed E-state index contributed by atoms with van der Waals surface area (Å²) in [5.41, 5.74) is 0.956. The van der Waals surface area contributed by atoms with E-state index in [2.05, 4.69) is 10.6 Å². The van der Waals surface area contributed by atoms with Gasteiger partial charge in [-0.25, -0.2) is 0 Å². The van der Waals surface area contributed by atoms with Crippen LogP contribution in [-0.4, -0.2) is 39.3 Å². The van der Waals surface area contributed by atoms with E-state index in [1.165, 1.54) is 11.8 Å². The van der Waals surface area contributed by atoms with E-state index >= 15 is 0 Å². The first kappa shape index (κ1) is 22.8. The maximum absolute atomic E-state index is 12.7. The molecule has 0 aliphatic carbocycles. The monoisotopic (exact) mass is 414 g/mol. The Morgan fingerprint density at radius 1 is 1.08 bits per heavy atom. The molecular weight excluding hydrogens is 391 g/mol. The van der Waals surface area contributed by atoms with Gasteiger partial charge in [-0.3, -0.25) is 4.79 Å². The predicted molar refractivity (Wildman–Crippen MR) is 111 cm³/mol. The SMILES string of the molecule is COCCNCCNC(=O)C(Sc1ccccc1Cl)c1ccccc1.Cl. The van der Waals surface area contributed by atoms with Gasteiger partial charge < -0.3 is 15.4 Å². The minimum absolute atomic E-state index is 0. The van der Waals surface area contributed by atoms with E-state index in [1.54, 1.807) is 7.11 Å². The first-order valence-corrected chi connectivity index (χ1v) is 9.41. The van der Waals surface area contributed by atoms with Gasteiger partial charge in [0.15, 0.2) is 0 Å². The summed E-state index contributed by atoms with van der Waals surface area (Å²) in [6, 6.07) is 17.3. The molecule has 1 atom stereocenters. The van der Waals surface area contributed by atoms with Gasteiger partial charge >= 0.3 is 0 Å². The molecule has 142 valence electrons. The summed E-state index contributed by atoms with van der Waals surface area (Å²) in [4.78, 5) is 13.6. The minimum atomic E-state index is -0.347. The number of hydrogen-bond donors (Lipinski definition) is 2. The van der Waals surface area contributed by atoms with Crippen molar-refractivity contribution < 1.29 is 9.53 Å². The summed E-state index contributed by atoms with van der Waals surface area (Å²) in [5.74, 6) is -0.0235. The number of hydrogen-bond acceptors (Lipinski definition) is 4. The van der Waals surface area contributed by atoms with Crippen molar-refractivity contribution in [3.05, 3.63) is 65.2 Å². The zero-order valence-corrected chi connectivity index (χ0v) is 17.0. The van der Waals surface area contributed by atoms with Gasteiger partial charge in [0.2, 0.25) is 5.91 Å². The number of carbonyl (C=O) groups excluding carboxylic acids is 1. The fourth-order valence-electron chi connectivity index (χ4n) is 2.23. The Morgan fingerprint density at radius 2 is 1.77 bits per heavy atom. The molecule has 0 saturated carbocycles. The summed E-state index contributed by atoms with van der Waals surface area (Å²) >= 11 is 7.73. The lowest BCUT2D eigenvalue weighted by molar-refractivity contribution is -0.120. The molecule has 1 amide bonds. The van der Waals surface area contributed by atoms with Crippen molar-refractivity contribution >= 4 is 41.7 Å². The van der Waals surface area contributed by atoms with Crippen molar-refractivity contribution in [2.75, 3.05) is 33.4 Å². The van der Waals surface area contributed by atoms with Crippen molar-refractivity contribution in [1.82, 2.24) is 10.6 Å². The van der Waals surface area contributed by atoms with Gasteiger partial charge in [0.05, 0.1) is 11.6 Å². The smallest absolute Gasteiger partial charge is 0.238 e. The molecule has 0 heterocycles. The van der Waals surface area contributed by atoms with Gasteiger partial charge in [0, 0.05) is 31.6 Å². The van der Waals surface area contributed by atoms with Crippen molar-refractivity contribution in [1.29, 1.82) is 0 Å². The summed E-state index contributed by atoms with van der Waals surface area (Å²) in [5, 5.41) is 6.51. The van der Waals surface area contributed by atoms with E-state index in [0.717, 1.165) is 17.0 Å². The maximum Gasteiger partial charge on any atom is 0.238 e.